The lowest BCUT2D eigenvalue weighted by Gasteiger charge is -2.20. The fourth-order valence-corrected chi connectivity index (χ4v) is 1.79. The highest BCUT2D eigenvalue weighted by atomic mass is 35.5. The highest BCUT2D eigenvalue weighted by Gasteiger charge is 2.03. The molecule has 0 bridgehead atoms. The number of nitrogens with one attached hydrogen (secondary N) is 1. The first-order valence-electron chi connectivity index (χ1n) is 6.42. The zero-order valence-electron chi connectivity index (χ0n) is 11.4. The molecule has 102 valence electrons. The lowest BCUT2D eigenvalue weighted by atomic mass is 10.3. The van der Waals surface area contributed by atoms with Gasteiger partial charge in [0.1, 0.15) is 12.4 Å². The zero-order chi connectivity index (χ0) is 13.4. The van der Waals surface area contributed by atoms with Gasteiger partial charge in [0, 0.05) is 24.2 Å². The van der Waals surface area contributed by atoms with Gasteiger partial charge < -0.3 is 15.0 Å². The van der Waals surface area contributed by atoms with Crippen molar-refractivity contribution in [3.05, 3.63) is 29.3 Å². The largest absolute Gasteiger partial charge is 0.492 e. The van der Waals surface area contributed by atoms with E-state index in [-0.39, 0.29) is 0 Å². The summed E-state index contributed by atoms with van der Waals surface area (Å²) < 4.78 is 5.61. The maximum Gasteiger partial charge on any atom is 0.119 e. The normalized spacial score (nSPS) is 12.7. The Morgan fingerprint density at radius 1 is 1.33 bits per heavy atom. The predicted octanol–water partition coefficient (Wildman–Crippen LogP) is 2.65. The van der Waals surface area contributed by atoms with Crippen LogP contribution in [0.5, 0.6) is 5.75 Å². The molecule has 3 nitrogen and oxygen atoms in total. The summed E-state index contributed by atoms with van der Waals surface area (Å²) in [6.45, 7) is 8.00. The molecule has 1 aromatic rings. The molecule has 0 radical (unpaired) electrons. The highest BCUT2D eigenvalue weighted by Crippen LogP contribution is 2.15. The molecule has 1 rings (SSSR count). The second-order valence-electron chi connectivity index (χ2n) is 4.51. The molecule has 0 heterocycles. The topological polar surface area (TPSA) is 24.5 Å². The molecular formula is C14H23ClN2O. The number of halogens is 1. The summed E-state index contributed by atoms with van der Waals surface area (Å²) in [6.07, 6.45) is 0. The molecular weight excluding hydrogens is 248 g/mol. The second kappa shape index (κ2) is 8.35. The number of likely N-dealkylation sites (N-methyl/N-ethyl adjacent to an activating group) is 1. The van der Waals surface area contributed by atoms with Crippen molar-refractivity contribution in [1.29, 1.82) is 0 Å². The molecule has 4 heteroatoms. The van der Waals surface area contributed by atoms with Gasteiger partial charge in [-0.15, -0.1) is 0 Å². The molecule has 0 aliphatic carbocycles. The summed E-state index contributed by atoms with van der Waals surface area (Å²) in [5.74, 6) is 0.861. The molecule has 1 atom stereocenters. The molecule has 0 aliphatic heterocycles. The van der Waals surface area contributed by atoms with Gasteiger partial charge in [0.05, 0.1) is 0 Å². The Morgan fingerprint density at radius 3 is 2.61 bits per heavy atom. The fraction of sp³-hybridized carbons (Fsp3) is 0.571. The zero-order valence-corrected chi connectivity index (χ0v) is 12.2. The van der Waals surface area contributed by atoms with Crippen molar-refractivity contribution in [3.8, 4) is 5.75 Å². The Hall–Kier alpha value is -0.770. The number of nitrogens with zero attached hydrogens (tertiary/aromatic N) is 1. The van der Waals surface area contributed by atoms with Crippen molar-refractivity contribution < 1.29 is 4.74 Å². The number of rotatable bonds is 8. The molecule has 0 aliphatic rings. The summed E-state index contributed by atoms with van der Waals surface area (Å²) in [7, 11) is 2.13. The minimum absolute atomic E-state index is 0.476. The van der Waals surface area contributed by atoms with Gasteiger partial charge in [0.15, 0.2) is 0 Å². The van der Waals surface area contributed by atoms with Crippen molar-refractivity contribution in [2.45, 2.75) is 19.9 Å². The highest BCUT2D eigenvalue weighted by molar-refractivity contribution is 6.30. The first-order valence-corrected chi connectivity index (χ1v) is 6.80. The number of hydrogen-bond acceptors (Lipinski definition) is 3. The maximum atomic E-state index is 5.80. The quantitative estimate of drug-likeness (QED) is 0.735. The number of benzene rings is 1. The van der Waals surface area contributed by atoms with E-state index >= 15 is 0 Å². The second-order valence-corrected chi connectivity index (χ2v) is 4.95. The van der Waals surface area contributed by atoms with E-state index in [1.54, 1.807) is 0 Å². The lowest BCUT2D eigenvalue weighted by molar-refractivity contribution is 0.279. The molecule has 0 saturated heterocycles. The van der Waals surface area contributed by atoms with Gasteiger partial charge in [-0.05, 0) is 44.8 Å². The Kier molecular flexibility index (Phi) is 7.09. The third-order valence-electron chi connectivity index (χ3n) is 2.80. The van der Waals surface area contributed by atoms with Crippen molar-refractivity contribution >= 4 is 11.6 Å². The van der Waals surface area contributed by atoms with Crippen molar-refractivity contribution in [2.24, 2.45) is 0 Å². The standard InChI is InChI=1S/C14H23ClN2O/c1-4-17(3)11-12(2)16-9-10-18-14-7-5-13(15)6-8-14/h5-8,12,16H,4,9-11H2,1-3H3. The third-order valence-corrected chi connectivity index (χ3v) is 3.05. The smallest absolute Gasteiger partial charge is 0.119 e. The van der Waals surface area contributed by atoms with Crippen LogP contribution in [-0.4, -0.2) is 44.2 Å². The van der Waals surface area contributed by atoms with E-state index in [9.17, 15) is 0 Å². The lowest BCUT2D eigenvalue weighted by Crippen LogP contribution is -2.39. The van der Waals surface area contributed by atoms with Gasteiger partial charge in [-0.1, -0.05) is 18.5 Å². The molecule has 1 aromatic carbocycles. The van der Waals surface area contributed by atoms with Gasteiger partial charge in [-0.2, -0.15) is 0 Å². The Bertz CT molecular complexity index is 329. The van der Waals surface area contributed by atoms with Crippen molar-refractivity contribution in [1.82, 2.24) is 10.2 Å². The Morgan fingerprint density at radius 2 is 2.00 bits per heavy atom. The fourth-order valence-electron chi connectivity index (χ4n) is 1.67. The summed E-state index contributed by atoms with van der Waals surface area (Å²) in [6, 6.07) is 7.92. The van der Waals surface area contributed by atoms with Crippen LogP contribution in [0.2, 0.25) is 5.02 Å². The van der Waals surface area contributed by atoms with Gasteiger partial charge in [-0.3, -0.25) is 0 Å². The van der Waals surface area contributed by atoms with E-state index in [0.29, 0.717) is 12.6 Å². The predicted molar refractivity (Wildman–Crippen MR) is 77.6 cm³/mol. The van der Waals surface area contributed by atoms with E-state index < -0.39 is 0 Å². The van der Waals surface area contributed by atoms with Crippen molar-refractivity contribution in [3.63, 3.8) is 0 Å². The van der Waals surface area contributed by atoms with Crippen LogP contribution in [-0.2, 0) is 0 Å². The number of ether oxygens (including phenoxy) is 1. The third kappa shape index (κ3) is 6.24. The summed E-state index contributed by atoms with van der Waals surface area (Å²) >= 11 is 5.80. The van der Waals surface area contributed by atoms with Gasteiger partial charge in [-0.25, -0.2) is 0 Å². The average molecular weight is 271 g/mol. The van der Waals surface area contributed by atoms with E-state index in [4.69, 9.17) is 16.3 Å². The van der Waals surface area contributed by atoms with E-state index in [1.165, 1.54) is 0 Å². The summed E-state index contributed by atoms with van der Waals surface area (Å²) in [4.78, 5) is 2.29. The Balaban J connectivity index is 2.13. The van der Waals surface area contributed by atoms with Crippen molar-refractivity contribution in [2.75, 3.05) is 33.3 Å². The number of hydrogen-bond donors (Lipinski definition) is 1. The molecule has 0 saturated carbocycles. The van der Waals surface area contributed by atoms with E-state index in [1.807, 2.05) is 24.3 Å². The maximum absolute atomic E-state index is 5.80. The van der Waals surface area contributed by atoms with Crippen LogP contribution in [0.3, 0.4) is 0 Å². The molecule has 0 aromatic heterocycles. The van der Waals surface area contributed by atoms with E-state index in [2.05, 4.69) is 31.1 Å². The van der Waals surface area contributed by atoms with Gasteiger partial charge in [0.25, 0.3) is 0 Å². The summed E-state index contributed by atoms with van der Waals surface area (Å²) in [5.41, 5.74) is 0. The Labute approximate surface area is 115 Å². The van der Waals surface area contributed by atoms with Crippen LogP contribution >= 0.6 is 11.6 Å². The minimum Gasteiger partial charge on any atom is -0.492 e. The van der Waals surface area contributed by atoms with Crippen LogP contribution in [0, 0.1) is 0 Å². The SMILES string of the molecule is CCN(C)CC(C)NCCOc1ccc(Cl)cc1. The van der Waals surface area contributed by atoms with Crippen LogP contribution < -0.4 is 10.1 Å². The first kappa shape index (κ1) is 15.3. The van der Waals surface area contributed by atoms with Gasteiger partial charge >= 0.3 is 0 Å². The minimum atomic E-state index is 0.476. The molecule has 1 N–H and O–H groups in total. The molecule has 0 fully saturated rings. The first-order chi connectivity index (χ1) is 8.61. The molecule has 18 heavy (non-hydrogen) atoms. The van der Waals surface area contributed by atoms with Crippen LogP contribution in [0.4, 0.5) is 0 Å². The van der Waals surface area contributed by atoms with Crippen LogP contribution in [0.25, 0.3) is 0 Å². The average Bonchev–Trinajstić information content (AvgIpc) is 2.36. The molecule has 0 amide bonds. The molecule has 1 unspecified atom stereocenters. The van der Waals surface area contributed by atoms with Crippen LogP contribution in [0.1, 0.15) is 13.8 Å². The molecule has 0 spiro atoms. The summed E-state index contributed by atoms with van der Waals surface area (Å²) in [5, 5.41) is 4.17. The van der Waals surface area contributed by atoms with Gasteiger partial charge in [0.2, 0.25) is 0 Å². The van der Waals surface area contributed by atoms with E-state index in [0.717, 1.165) is 30.4 Å². The van der Waals surface area contributed by atoms with Crippen LogP contribution in [0.15, 0.2) is 24.3 Å². The monoisotopic (exact) mass is 270 g/mol.